The molecule has 2 heterocycles. The number of likely N-dealkylation sites (tertiary alicyclic amines) is 1. The molecule has 7 heteroatoms. The molecule has 2 aromatic carbocycles. The minimum Gasteiger partial charge on any atom is -0.368 e. The van der Waals surface area contributed by atoms with Crippen molar-refractivity contribution in [3.05, 3.63) is 70.0 Å². The average Bonchev–Trinajstić information content (AvgIpc) is 3.39. The van der Waals surface area contributed by atoms with Crippen LogP contribution >= 0.6 is 11.3 Å². The van der Waals surface area contributed by atoms with E-state index in [0.29, 0.717) is 13.0 Å². The molecule has 3 aromatic rings. The molecule has 31 heavy (non-hydrogen) atoms. The Balaban J connectivity index is 1.40. The number of nitrogens with two attached hydrogens (primary N) is 1. The van der Waals surface area contributed by atoms with Crippen molar-refractivity contribution in [2.45, 2.75) is 38.8 Å². The van der Waals surface area contributed by atoms with Gasteiger partial charge in [0.2, 0.25) is 11.8 Å². The van der Waals surface area contributed by atoms with Crippen LogP contribution in [0.3, 0.4) is 0 Å². The molecular weight excluding hydrogens is 408 g/mol. The fourth-order valence-electron chi connectivity index (χ4n) is 4.01. The number of aromatic nitrogens is 1. The Kier molecular flexibility index (Phi) is 6.44. The Hall–Kier alpha value is -3.03. The molecule has 2 amide bonds. The molecule has 1 aliphatic heterocycles. The van der Waals surface area contributed by atoms with Crippen LogP contribution in [0.1, 0.15) is 29.0 Å². The number of thiazole rings is 1. The van der Waals surface area contributed by atoms with Gasteiger partial charge in [0.05, 0.1) is 23.2 Å². The Labute approximate surface area is 186 Å². The maximum atomic E-state index is 12.7. The van der Waals surface area contributed by atoms with E-state index in [-0.39, 0.29) is 17.9 Å². The van der Waals surface area contributed by atoms with Gasteiger partial charge in [0.15, 0.2) is 0 Å². The highest BCUT2D eigenvalue weighted by Crippen LogP contribution is 2.25. The molecule has 1 aromatic heterocycles. The number of hydrogen-bond donors (Lipinski definition) is 2. The van der Waals surface area contributed by atoms with Crippen LogP contribution in [0.4, 0.5) is 5.69 Å². The Morgan fingerprint density at radius 1 is 1.19 bits per heavy atom. The molecule has 1 aliphatic rings. The maximum Gasteiger partial charge on any atom is 0.234 e. The van der Waals surface area contributed by atoms with E-state index in [9.17, 15) is 9.59 Å². The first-order valence-corrected chi connectivity index (χ1v) is 11.3. The Bertz CT molecular complexity index is 1080. The molecule has 0 spiro atoms. The molecular formula is C24H26N4O2S. The minimum atomic E-state index is -0.282. The van der Waals surface area contributed by atoms with Gasteiger partial charge in [0, 0.05) is 23.2 Å². The van der Waals surface area contributed by atoms with Gasteiger partial charge >= 0.3 is 0 Å². The average molecular weight is 435 g/mol. The van der Waals surface area contributed by atoms with Crippen molar-refractivity contribution in [1.82, 2.24) is 9.88 Å². The molecule has 1 unspecified atom stereocenters. The van der Waals surface area contributed by atoms with Gasteiger partial charge in [-0.15, -0.1) is 11.3 Å². The standard InChI is InChI=1S/C24H26N4O2S/c1-16-26-21(15-31-16)18-10-8-17(9-11-18)13-23(29)27-20-6-3-2-5-19(20)14-28-12-4-7-22(28)24(25)30/h2-3,5-6,8-11,15,22H,4,7,12-14H2,1H3,(H2,25,30)(H,27,29). The second-order valence-corrected chi connectivity index (χ2v) is 8.92. The first kappa shape index (κ1) is 21.2. The van der Waals surface area contributed by atoms with Crippen molar-refractivity contribution in [2.24, 2.45) is 5.73 Å². The van der Waals surface area contributed by atoms with Crippen molar-refractivity contribution in [2.75, 3.05) is 11.9 Å². The number of benzene rings is 2. The summed E-state index contributed by atoms with van der Waals surface area (Å²) in [6.07, 6.45) is 2.04. The van der Waals surface area contributed by atoms with Crippen LogP contribution in [0.2, 0.25) is 0 Å². The molecule has 0 bridgehead atoms. The van der Waals surface area contributed by atoms with Crippen molar-refractivity contribution < 1.29 is 9.59 Å². The zero-order valence-electron chi connectivity index (χ0n) is 17.5. The van der Waals surface area contributed by atoms with E-state index in [0.717, 1.165) is 52.5 Å². The Morgan fingerprint density at radius 2 is 1.97 bits per heavy atom. The molecule has 3 N–H and O–H groups in total. The lowest BCUT2D eigenvalue weighted by atomic mass is 10.1. The van der Waals surface area contributed by atoms with E-state index in [1.54, 1.807) is 11.3 Å². The third-order valence-corrected chi connectivity index (χ3v) is 6.36. The van der Waals surface area contributed by atoms with E-state index in [1.807, 2.05) is 60.8 Å². The van der Waals surface area contributed by atoms with E-state index in [1.165, 1.54) is 0 Å². The highest BCUT2D eigenvalue weighted by atomic mass is 32.1. The van der Waals surface area contributed by atoms with Gasteiger partial charge in [0.25, 0.3) is 0 Å². The lowest BCUT2D eigenvalue weighted by molar-refractivity contribution is -0.122. The molecule has 1 saturated heterocycles. The van der Waals surface area contributed by atoms with Crippen LogP contribution in [0.25, 0.3) is 11.3 Å². The van der Waals surface area contributed by atoms with E-state index < -0.39 is 0 Å². The fraction of sp³-hybridized carbons (Fsp3) is 0.292. The summed E-state index contributed by atoms with van der Waals surface area (Å²) in [5.74, 6) is -0.354. The first-order valence-electron chi connectivity index (χ1n) is 10.4. The predicted octanol–water partition coefficient (Wildman–Crippen LogP) is 3.75. The van der Waals surface area contributed by atoms with Crippen molar-refractivity contribution >= 4 is 28.8 Å². The third kappa shape index (κ3) is 5.18. The van der Waals surface area contributed by atoms with Crippen LogP contribution in [0.15, 0.2) is 53.9 Å². The monoisotopic (exact) mass is 434 g/mol. The normalized spacial score (nSPS) is 16.4. The quantitative estimate of drug-likeness (QED) is 0.593. The van der Waals surface area contributed by atoms with Gasteiger partial charge in [0.1, 0.15) is 0 Å². The molecule has 6 nitrogen and oxygen atoms in total. The zero-order chi connectivity index (χ0) is 21.8. The van der Waals surface area contributed by atoms with Crippen molar-refractivity contribution in [3.8, 4) is 11.3 Å². The lowest BCUT2D eigenvalue weighted by Gasteiger charge is -2.23. The predicted molar refractivity (Wildman–Crippen MR) is 124 cm³/mol. The minimum absolute atomic E-state index is 0.0717. The largest absolute Gasteiger partial charge is 0.368 e. The third-order valence-electron chi connectivity index (χ3n) is 5.59. The molecule has 1 fully saturated rings. The van der Waals surface area contributed by atoms with Gasteiger partial charge in [-0.05, 0) is 43.5 Å². The summed E-state index contributed by atoms with van der Waals surface area (Å²) >= 11 is 1.63. The second kappa shape index (κ2) is 9.41. The number of primary amides is 1. The summed E-state index contributed by atoms with van der Waals surface area (Å²) < 4.78 is 0. The van der Waals surface area contributed by atoms with Crippen molar-refractivity contribution in [3.63, 3.8) is 0 Å². The number of nitrogens with zero attached hydrogens (tertiary/aromatic N) is 2. The van der Waals surface area contributed by atoms with Gasteiger partial charge in [-0.3, -0.25) is 14.5 Å². The molecule has 0 aliphatic carbocycles. The number of carbonyl (C=O) groups is 2. The number of nitrogens with one attached hydrogen (secondary N) is 1. The van der Waals surface area contributed by atoms with E-state index in [4.69, 9.17) is 5.73 Å². The Morgan fingerprint density at radius 3 is 2.68 bits per heavy atom. The highest BCUT2D eigenvalue weighted by Gasteiger charge is 2.29. The highest BCUT2D eigenvalue weighted by molar-refractivity contribution is 7.09. The fourth-order valence-corrected chi connectivity index (χ4v) is 4.63. The van der Waals surface area contributed by atoms with Crippen molar-refractivity contribution in [1.29, 1.82) is 0 Å². The maximum absolute atomic E-state index is 12.7. The summed E-state index contributed by atoms with van der Waals surface area (Å²) in [4.78, 5) is 31.0. The summed E-state index contributed by atoms with van der Waals surface area (Å²) in [6, 6.07) is 15.4. The van der Waals surface area contributed by atoms with Gasteiger partial charge in [-0.1, -0.05) is 42.5 Å². The molecule has 0 radical (unpaired) electrons. The van der Waals surface area contributed by atoms with Gasteiger partial charge in [-0.2, -0.15) is 0 Å². The molecule has 160 valence electrons. The zero-order valence-corrected chi connectivity index (χ0v) is 18.3. The number of hydrogen-bond acceptors (Lipinski definition) is 5. The number of amides is 2. The number of carbonyl (C=O) groups excluding carboxylic acids is 2. The number of rotatable bonds is 7. The molecule has 1 atom stereocenters. The summed E-state index contributed by atoms with van der Waals surface area (Å²) in [7, 11) is 0. The van der Waals surface area contributed by atoms with Gasteiger partial charge < -0.3 is 11.1 Å². The molecule has 0 saturated carbocycles. The number of anilines is 1. The SMILES string of the molecule is Cc1nc(-c2ccc(CC(=O)Nc3ccccc3CN3CCCC3C(N)=O)cc2)cs1. The van der Waals surface area contributed by atoms with E-state index in [2.05, 4.69) is 15.2 Å². The topological polar surface area (TPSA) is 88.3 Å². The van der Waals surface area contributed by atoms with Crippen LogP contribution in [0, 0.1) is 6.92 Å². The first-order chi connectivity index (χ1) is 15.0. The van der Waals surface area contributed by atoms with Crippen LogP contribution < -0.4 is 11.1 Å². The second-order valence-electron chi connectivity index (χ2n) is 7.86. The van der Waals surface area contributed by atoms with E-state index >= 15 is 0 Å². The smallest absolute Gasteiger partial charge is 0.234 e. The summed E-state index contributed by atoms with van der Waals surface area (Å²) in [5, 5.41) is 6.11. The van der Waals surface area contributed by atoms with Crippen LogP contribution in [-0.4, -0.2) is 34.3 Å². The van der Waals surface area contributed by atoms with Crippen LogP contribution in [0.5, 0.6) is 0 Å². The summed E-state index contributed by atoms with van der Waals surface area (Å²) in [6.45, 7) is 3.41. The summed E-state index contributed by atoms with van der Waals surface area (Å²) in [5.41, 5.74) is 10.3. The van der Waals surface area contributed by atoms with Gasteiger partial charge in [-0.25, -0.2) is 4.98 Å². The lowest BCUT2D eigenvalue weighted by Crippen LogP contribution is -2.39. The number of para-hydroxylation sites is 1. The molecule has 4 rings (SSSR count). The van der Waals surface area contributed by atoms with Crippen LogP contribution in [-0.2, 0) is 22.6 Å². The number of aryl methyl sites for hydroxylation is 1.